The van der Waals surface area contributed by atoms with Crippen LogP contribution in [0, 0.1) is 0 Å². The molecule has 164 valence electrons. The lowest BCUT2D eigenvalue weighted by Gasteiger charge is -2.44. The Morgan fingerprint density at radius 1 is 1.07 bits per heavy atom. The van der Waals surface area contributed by atoms with Crippen molar-refractivity contribution in [3.05, 3.63) is 0 Å². The number of piperidine rings is 2. The molecule has 3 heterocycles. The van der Waals surface area contributed by atoms with Crippen molar-refractivity contribution < 1.29 is 23.9 Å². The number of rotatable bonds is 1. The molecule has 0 N–H and O–H groups in total. The Morgan fingerprint density at radius 3 is 2.21 bits per heavy atom. The van der Waals surface area contributed by atoms with Crippen LogP contribution in [0.1, 0.15) is 67.2 Å². The predicted molar refractivity (Wildman–Crippen MR) is 107 cm³/mol. The van der Waals surface area contributed by atoms with E-state index in [-0.39, 0.29) is 18.0 Å². The Kier molecular flexibility index (Phi) is 5.62. The maximum absolute atomic E-state index is 13.1. The molecule has 8 heteroatoms. The molecule has 1 unspecified atom stereocenters. The summed E-state index contributed by atoms with van der Waals surface area (Å²) in [6, 6.07) is 0.265. The van der Waals surface area contributed by atoms with Crippen LogP contribution in [0.15, 0.2) is 0 Å². The molecule has 3 aliphatic rings. The van der Waals surface area contributed by atoms with Gasteiger partial charge in [-0.05, 0) is 73.8 Å². The summed E-state index contributed by atoms with van der Waals surface area (Å²) >= 11 is 0. The van der Waals surface area contributed by atoms with Gasteiger partial charge in [0, 0.05) is 31.2 Å². The largest absolute Gasteiger partial charge is 0.444 e. The molecule has 0 aromatic heterocycles. The molecule has 3 rings (SSSR count). The van der Waals surface area contributed by atoms with Crippen molar-refractivity contribution in [3.8, 4) is 0 Å². The van der Waals surface area contributed by atoms with Crippen LogP contribution in [0.2, 0.25) is 0 Å². The molecule has 0 radical (unpaired) electrons. The molecule has 3 saturated heterocycles. The van der Waals surface area contributed by atoms with Gasteiger partial charge in [0.2, 0.25) is 5.60 Å². The first-order valence-corrected chi connectivity index (χ1v) is 10.6. The average molecular weight is 410 g/mol. The minimum absolute atomic E-state index is 0.217. The molecule has 0 aromatic rings. The van der Waals surface area contributed by atoms with Crippen molar-refractivity contribution in [1.29, 1.82) is 0 Å². The summed E-state index contributed by atoms with van der Waals surface area (Å²) in [6.45, 7) is 13.7. The Hall–Kier alpha value is -1.83. The van der Waals surface area contributed by atoms with E-state index >= 15 is 0 Å². The lowest BCUT2D eigenvalue weighted by Crippen LogP contribution is -2.59. The summed E-state index contributed by atoms with van der Waals surface area (Å²) in [5, 5.41) is 0. The summed E-state index contributed by atoms with van der Waals surface area (Å²) in [4.78, 5) is 43.1. The molecule has 1 atom stereocenters. The van der Waals surface area contributed by atoms with Gasteiger partial charge in [-0.25, -0.2) is 14.5 Å². The average Bonchev–Trinajstić information content (AvgIpc) is 2.83. The third-order valence-corrected chi connectivity index (χ3v) is 5.85. The lowest BCUT2D eigenvalue weighted by molar-refractivity contribution is -0.144. The number of carbonyl (C=O) groups is 3. The van der Waals surface area contributed by atoms with Crippen LogP contribution >= 0.6 is 0 Å². The number of carbonyl (C=O) groups excluding carboxylic acids is 3. The smallest absolute Gasteiger partial charge is 0.418 e. The van der Waals surface area contributed by atoms with Crippen LogP contribution in [0.3, 0.4) is 0 Å². The monoisotopic (exact) mass is 409 g/mol. The van der Waals surface area contributed by atoms with Gasteiger partial charge in [0.25, 0.3) is 5.91 Å². The van der Waals surface area contributed by atoms with Gasteiger partial charge >= 0.3 is 12.2 Å². The van der Waals surface area contributed by atoms with E-state index in [2.05, 4.69) is 4.90 Å². The standard InChI is InChI=1S/C21H35N3O5/c1-19(2,3)24-16(25)21(29-18(24)27)10-7-11-23(14-21)15-8-12-22(13-9-15)17(26)28-20(4,5)6/h15H,7-14H2,1-6H3. The fourth-order valence-corrected chi connectivity index (χ4v) is 4.49. The van der Waals surface area contributed by atoms with E-state index in [0.29, 0.717) is 26.1 Å². The van der Waals surface area contributed by atoms with Crippen LogP contribution in [0.25, 0.3) is 0 Å². The number of ether oxygens (including phenoxy) is 2. The van der Waals surface area contributed by atoms with E-state index in [1.807, 2.05) is 41.5 Å². The van der Waals surface area contributed by atoms with Crippen LogP contribution in [-0.2, 0) is 14.3 Å². The Labute approximate surface area is 173 Å². The van der Waals surface area contributed by atoms with E-state index < -0.39 is 22.8 Å². The second-order valence-electron chi connectivity index (χ2n) is 10.4. The first-order chi connectivity index (χ1) is 13.3. The number of hydrogen-bond donors (Lipinski definition) is 0. The minimum atomic E-state index is -1.06. The summed E-state index contributed by atoms with van der Waals surface area (Å²) in [6.07, 6.45) is 2.21. The quantitative estimate of drug-likeness (QED) is 0.662. The molecule has 29 heavy (non-hydrogen) atoms. The van der Waals surface area contributed by atoms with Crippen molar-refractivity contribution in [2.45, 2.75) is 90.0 Å². The molecule has 0 bridgehead atoms. The fourth-order valence-electron chi connectivity index (χ4n) is 4.49. The van der Waals surface area contributed by atoms with Gasteiger partial charge in [-0.2, -0.15) is 0 Å². The number of hydrogen-bond acceptors (Lipinski definition) is 6. The van der Waals surface area contributed by atoms with Crippen molar-refractivity contribution in [3.63, 3.8) is 0 Å². The Balaban J connectivity index is 1.62. The predicted octanol–water partition coefficient (Wildman–Crippen LogP) is 3.00. The van der Waals surface area contributed by atoms with Crippen LogP contribution in [0.5, 0.6) is 0 Å². The third kappa shape index (κ3) is 4.52. The highest BCUT2D eigenvalue weighted by molar-refractivity contribution is 6.03. The van der Waals surface area contributed by atoms with Crippen LogP contribution in [-0.4, -0.2) is 81.8 Å². The zero-order valence-electron chi connectivity index (χ0n) is 18.6. The van der Waals surface area contributed by atoms with Crippen molar-refractivity contribution >= 4 is 18.1 Å². The van der Waals surface area contributed by atoms with Crippen LogP contribution in [0.4, 0.5) is 9.59 Å². The van der Waals surface area contributed by atoms with Gasteiger partial charge in [-0.3, -0.25) is 9.69 Å². The van der Waals surface area contributed by atoms with Crippen molar-refractivity contribution in [1.82, 2.24) is 14.7 Å². The molecular formula is C21H35N3O5. The second kappa shape index (κ2) is 7.45. The first kappa shape index (κ1) is 21.9. The van der Waals surface area contributed by atoms with Crippen LogP contribution < -0.4 is 0 Å². The zero-order chi connectivity index (χ0) is 21.6. The SMILES string of the molecule is CC(C)(C)OC(=O)N1CCC(N2CCCC3(C2)OC(=O)N(C(C)(C)C)C3=O)CC1. The summed E-state index contributed by atoms with van der Waals surface area (Å²) in [7, 11) is 0. The van der Waals surface area contributed by atoms with Gasteiger partial charge in [-0.1, -0.05) is 0 Å². The number of likely N-dealkylation sites (tertiary alicyclic amines) is 2. The van der Waals surface area contributed by atoms with E-state index in [9.17, 15) is 14.4 Å². The molecule has 8 nitrogen and oxygen atoms in total. The zero-order valence-corrected chi connectivity index (χ0v) is 18.6. The molecule has 3 fully saturated rings. The molecule has 0 saturated carbocycles. The van der Waals surface area contributed by atoms with Gasteiger partial charge < -0.3 is 14.4 Å². The third-order valence-electron chi connectivity index (χ3n) is 5.85. The fraction of sp³-hybridized carbons (Fsp3) is 0.857. The molecule has 1 spiro atoms. The van der Waals surface area contributed by atoms with Gasteiger partial charge in [0.1, 0.15) is 5.60 Å². The Bertz CT molecular complexity index is 673. The minimum Gasteiger partial charge on any atom is -0.444 e. The van der Waals surface area contributed by atoms with Gasteiger partial charge in [-0.15, -0.1) is 0 Å². The van der Waals surface area contributed by atoms with Crippen molar-refractivity contribution in [2.75, 3.05) is 26.2 Å². The van der Waals surface area contributed by atoms with Gasteiger partial charge in [0.15, 0.2) is 0 Å². The molecule has 0 aromatic carbocycles. The summed E-state index contributed by atoms with van der Waals surface area (Å²) in [5.41, 5.74) is -2.16. The second-order valence-corrected chi connectivity index (χ2v) is 10.4. The molecule has 3 amide bonds. The topological polar surface area (TPSA) is 79.4 Å². The molecule has 0 aliphatic carbocycles. The highest BCUT2D eigenvalue weighted by atomic mass is 16.6. The number of amides is 3. The lowest BCUT2D eigenvalue weighted by atomic mass is 9.88. The summed E-state index contributed by atoms with van der Waals surface area (Å²) < 4.78 is 11.2. The Morgan fingerprint density at radius 2 is 1.69 bits per heavy atom. The highest BCUT2D eigenvalue weighted by Gasteiger charge is 2.58. The van der Waals surface area contributed by atoms with E-state index in [4.69, 9.17) is 9.47 Å². The molecular weight excluding hydrogens is 374 g/mol. The summed E-state index contributed by atoms with van der Waals surface area (Å²) in [5.74, 6) is -0.217. The van der Waals surface area contributed by atoms with E-state index in [0.717, 1.165) is 25.8 Å². The van der Waals surface area contributed by atoms with Crippen molar-refractivity contribution in [2.24, 2.45) is 0 Å². The molecule has 3 aliphatic heterocycles. The van der Waals surface area contributed by atoms with E-state index in [1.165, 1.54) is 4.90 Å². The van der Waals surface area contributed by atoms with Gasteiger partial charge in [0.05, 0.1) is 0 Å². The maximum atomic E-state index is 13.1. The normalized spacial score (nSPS) is 27.5. The number of imide groups is 1. The number of nitrogens with zero attached hydrogens (tertiary/aromatic N) is 3. The first-order valence-electron chi connectivity index (χ1n) is 10.6. The highest BCUT2D eigenvalue weighted by Crippen LogP contribution is 2.38. The maximum Gasteiger partial charge on any atom is 0.418 e. The van der Waals surface area contributed by atoms with E-state index in [1.54, 1.807) is 4.90 Å².